The minimum Gasteiger partial charge on any atom is -0.349 e. The van der Waals surface area contributed by atoms with Gasteiger partial charge in [-0.1, -0.05) is 0 Å². The summed E-state index contributed by atoms with van der Waals surface area (Å²) in [5, 5.41) is 8.65. The van der Waals surface area contributed by atoms with Gasteiger partial charge in [0.25, 0.3) is 0 Å². The Morgan fingerprint density at radius 3 is 2.00 bits per heavy atom. The molecule has 3 nitrogen and oxygen atoms in total. The van der Waals surface area contributed by atoms with Crippen molar-refractivity contribution in [3.05, 3.63) is 0 Å². The maximum absolute atomic E-state index is 2.96. The van der Waals surface area contributed by atoms with Crippen LogP contribution in [0, 0.1) is 12.0 Å². The minimum atomic E-state index is 0.0810. The van der Waals surface area contributed by atoms with Crippen LogP contribution >= 0.6 is 0 Å². The van der Waals surface area contributed by atoms with E-state index in [1.54, 1.807) is 7.05 Å². The Hall–Kier alpha value is -0.720. The van der Waals surface area contributed by atoms with Gasteiger partial charge in [0.1, 0.15) is 6.17 Å². The Balaban J connectivity index is 3.54. The number of hydrogen-bond donors (Lipinski definition) is 3. The van der Waals surface area contributed by atoms with Crippen molar-refractivity contribution < 1.29 is 0 Å². The monoisotopic (exact) mass is 127 g/mol. The molecule has 0 saturated heterocycles. The summed E-state index contributed by atoms with van der Waals surface area (Å²) in [4.78, 5) is 0. The lowest BCUT2D eigenvalue weighted by Gasteiger charge is -2.04. The molecule has 0 saturated carbocycles. The van der Waals surface area contributed by atoms with Crippen LogP contribution in [0.5, 0.6) is 0 Å². The molecule has 0 bridgehead atoms. The van der Waals surface area contributed by atoms with Crippen LogP contribution in [0.1, 0.15) is 0 Å². The van der Waals surface area contributed by atoms with Gasteiger partial charge in [-0.05, 0) is 20.0 Å². The molecular formula is C6H13N3. The summed E-state index contributed by atoms with van der Waals surface area (Å²) in [6.45, 7) is 0. The molecule has 3 heteroatoms. The van der Waals surface area contributed by atoms with Crippen LogP contribution in [0.3, 0.4) is 0 Å². The molecule has 0 amide bonds. The highest BCUT2D eigenvalue weighted by Crippen LogP contribution is 1.65. The van der Waals surface area contributed by atoms with Crippen LogP contribution in [0.15, 0.2) is 0 Å². The number of rotatable bonds is 2. The lowest BCUT2D eigenvalue weighted by molar-refractivity contribution is 0.604. The highest BCUT2D eigenvalue weighted by atomic mass is 15.1. The molecule has 0 atom stereocenters. The lowest BCUT2D eigenvalue weighted by atomic mass is 10.5. The molecule has 0 aromatic heterocycles. The molecule has 0 rings (SSSR count). The summed E-state index contributed by atoms with van der Waals surface area (Å²) in [7, 11) is 5.49. The van der Waals surface area contributed by atoms with Gasteiger partial charge in [0, 0.05) is 13.1 Å². The first-order valence-corrected chi connectivity index (χ1v) is 2.87. The number of hydrogen-bond acceptors (Lipinski definition) is 3. The zero-order chi connectivity index (χ0) is 7.11. The normalized spacial score (nSPS) is 8.44. The minimum absolute atomic E-state index is 0.0810. The van der Waals surface area contributed by atoms with E-state index in [9.17, 15) is 0 Å². The van der Waals surface area contributed by atoms with Crippen molar-refractivity contribution in [1.29, 1.82) is 0 Å². The Labute approximate surface area is 56.2 Å². The molecule has 3 N–H and O–H groups in total. The fraction of sp³-hybridized carbons (Fsp3) is 0.667. The van der Waals surface area contributed by atoms with Gasteiger partial charge in [0.15, 0.2) is 0 Å². The Morgan fingerprint density at radius 1 is 1.11 bits per heavy atom. The molecule has 0 aliphatic heterocycles. The number of nitrogens with one attached hydrogen (secondary N) is 3. The van der Waals surface area contributed by atoms with E-state index < -0.39 is 0 Å². The highest BCUT2D eigenvalue weighted by Gasteiger charge is 1.91. The third kappa shape index (κ3) is 3.83. The zero-order valence-electron chi connectivity index (χ0n) is 6.08. The third-order valence-corrected chi connectivity index (χ3v) is 0.919. The highest BCUT2D eigenvalue weighted by molar-refractivity contribution is 5.03. The van der Waals surface area contributed by atoms with E-state index >= 15 is 0 Å². The van der Waals surface area contributed by atoms with Crippen molar-refractivity contribution in [3.63, 3.8) is 0 Å². The van der Waals surface area contributed by atoms with E-state index in [0.29, 0.717) is 0 Å². The maximum Gasteiger partial charge on any atom is 0.122 e. The van der Waals surface area contributed by atoms with Crippen molar-refractivity contribution >= 4 is 0 Å². The first kappa shape index (κ1) is 8.28. The van der Waals surface area contributed by atoms with Gasteiger partial charge in [-0.3, -0.25) is 10.6 Å². The van der Waals surface area contributed by atoms with Gasteiger partial charge >= 0.3 is 0 Å². The fourth-order valence-electron chi connectivity index (χ4n) is 0.433. The van der Waals surface area contributed by atoms with E-state index in [4.69, 9.17) is 0 Å². The van der Waals surface area contributed by atoms with Crippen LogP contribution in [-0.4, -0.2) is 27.3 Å². The molecule has 0 aliphatic rings. The van der Waals surface area contributed by atoms with Crippen LogP contribution in [0.25, 0.3) is 0 Å². The molecule has 0 aromatic carbocycles. The molecule has 9 heavy (non-hydrogen) atoms. The third-order valence-electron chi connectivity index (χ3n) is 0.919. The zero-order valence-corrected chi connectivity index (χ0v) is 6.08. The smallest absolute Gasteiger partial charge is 0.122 e. The van der Waals surface area contributed by atoms with Crippen LogP contribution in [0.4, 0.5) is 0 Å². The topological polar surface area (TPSA) is 36.1 Å². The van der Waals surface area contributed by atoms with Gasteiger partial charge in [-0.15, -0.1) is 0 Å². The standard InChI is InChI=1S/C6H13N3/c1-7-5-4-6(8-2)9-3/h6-9H,1-3H3. The summed E-state index contributed by atoms with van der Waals surface area (Å²) >= 11 is 0. The summed E-state index contributed by atoms with van der Waals surface area (Å²) in [5.74, 6) is 2.89. The predicted octanol–water partition coefficient (Wildman–Crippen LogP) is -1.07. The van der Waals surface area contributed by atoms with E-state index in [0.717, 1.165) is 0 Å². The molecular weight excluding hydrogens is 114 g/mol. The first-order valence-electron chi connectivity index (χ1n) is 2.87. The molecule has 0 fully saturated rings. The van der Waals surface area contributed by atoms with Crippen LogP contribution in [-0.2, 0) is 0 Å². The maximum atomic E-state index is 2.96. The van der Waals surface area contributed by atoms with Crippen LogP contribution in [0.2, 0.25) is 0 Å². The molecule has 0 unspecified atom stereocenters. The van der Waals surface area contributed by atoms with Crippen molar-refractivity contribution in [2.45, 2.75) is 6.17 Å². The molecule has 0 aromatic rings. The quantitative estimate of drug-likeness (QED) is 0.251. The summed E-state index contributed by atoms with van der Waals surface area (Å²) in [6.07, 6.45) is 0.0810. The van der Waals surface area contributed by atoms with E-state index in [1.807, 2.05) is 14.1 Å². The van der Waals surface area contributed by atoms with Crippen molar-refractivity contribution in [1.82, 2.24) is 16.0 Å². The largest absolute Gasteiger partial charge is 0.349 e. The van der Waals surface area contributed by atoms with Crippen LogP contribution < -0.4 is 16.0 Å². The molecule has 0 heterocycles. The van der Waals surface area contributed by atoms with E-state index in [1.165, 1.54) is 0 Å². The average molecular weight is 127 g/mol. The fourth-order valence-corrected chi connectivity index (χ4v) is 0.433. The SMILES string of the molecule is CNC#CC(NC)NC. The van der Waals surface area contributed by atoms with Crippen molar-refractivity contribution in [2.75, 3.05) is 21.1 Å². The van der Waals surface area contributed by atoms with Gasteiger partial charge in [0.05, 0.1) is 0 Å². The summed E-state index contributed by atoms with van der Waals surface area (Å²) < 4.78 is 0. The Morgan fingerprint density at radius 2 is 1.67 bits per heavy atom. The summed E-state index contributed by atoms with van der Waals surface area (Å²) in [6, 6.07) is 2.73. The van der Waals surface area contributed by atoms with Gasteiger partial charge in [-0.2, -0.15) is 0 Å². The average Bonchev–Trinajstić information content (AvgIpc) is 1.91. The second-order valence-electron chi connectivity index (χ2n) is 1.53. The molecule has 0 aliphatic carbocycles. The van der Waals surface area contributed by atoms with Gasteiger partial charge in [0.2, 0.25) is 0 Å². The molecule has 52 valence electrons. The van der Waals surface area contributed by atoms with E-state index in [-0.39, 0.29) is 6.17 Å². The second kappa shape index (κ2) is 5.42. The molecule has 0 spiro atoms. The Bertz CT molecular complexity index is 107. The second-order valence-corrected chi connectivity index (χ2v) is 1.53. The van der Waals surface area contributed by atoms with Crippen molar-refractivity contribution in [2.24, 2.45) is 0 Å². The molecule has 0 radical (unpaired) electrons. The van der Waals surface area contributed by atoms with Gasteiger partial charge < -0.3 is 5.32 Å². The first-order chi connectivity index (χ1) is 4.35. The predicted molar refractivity (Wildman–Crippen MR) is 38.7 cm³/mol. The Kier molecular flexibility index (Phi) is 4.98. The lowest BCUT2D eigenvalue weighted by Crippen LogP contribution is -2.36. The van der Waals surface area contributed by atoms with E-state index in [2.05, 4.69) is 27.9 Å². The van der Waals surface area contributed by atoms with Gasteiger partial charge in [-0.25, -0.2) is 0 Å². The van der Waals surface area contributed by atoms with Crippen molar-refractivity contribution in [3.8, 4) is 12.0 Å². The summed E-state index contributed by atoms with van der Waals surface area (Å²) in [5.41, 5.74) is 0.